The number of hydrogen-bond donors (Lipinski definition) is 1. The monoisotopic (exact) mass is 584 g/mol. The number of anilines is 1. The van der Waals surface area contributed by atoms with Crippen LogP contribution < -0.4 is 9.64 Å². The molecule has 1 N–H and O–H groups in total. The van der Waals surface area contributed by atoms with Gasteiger partial charge in [-0.2, -0.15) is 18.3 Å². The average Bonchev–Trinajstić information content (AvgIpc) is 3.13. The standard InChI is InChI=1S/C29H27F4N3O2.Co/c1-4-36-25-13-11-21(38-3)17-23(25)28(2,18-19-10-12-24(30)22(16-19)29(31,32)33)26(36)14-15-34-35-27(37)20-8-6-5-7-9-20;/h5-17H,4,18H2,1-3H3,(H,35,37);/b26-14-,34-15+;. The van der Waals surface area contributed by atoms with Crippen LogP contribution in [-0.4, -0.2) is 30.9 Å². The fourth-order valence-corrected chi connectivity index (χ4v) is 4.83. The van der Waals surface area contributed by atoms with Crippen molar-refractivity contribution in [3.8, 4) is 5.75 Å². The third-order valence-corrected chi connectivity index (χ3v) is 6.64. The van der Waals surface area contributed by atoms with E-state index >= 15 is 0 Å². The minimum atomic E-state index is -4.81. The van der Waals surface area contributed by atoms with Crippen LogP contribution in [0.2, 0.25) is 0 Å². The summed E-state index contributed by atoms with van der Waals surface area (Å²) in [4.78, 5) is 2.04. The van der Waals surface area contributed by atoms with Crippen molar-refractivity contribution in [2.24, 2.45) is 10.2 Å². The number of ether oxygens (including phenoxy) is 1. The summed E-state index contributed by atoms with van der Waals surface area (Å²) in [6.07, 6.45) is -1.49. The molecule has 1 heterocycles. The van der Waals surface area contributed by atoms with Crippen LogP contribution in [0.1, 0.15) is 36.1 Å². The summed E-state index contributed by atoms with van der Waals surface area (Å²) in [5.41, 5.74) is 1.23. The van der Waals surface area contributed by atoms with Gasteiger partial charge in [0.15, 0.2) is 0 Å². The molecule has 0 spiro atoms. The van der Waals surface area contributed by atoms with Crippen molar-refractivity contribution in [2.45, 2.75) is 31.9 Å². The van der Waals surface area contributed by atoms with Gasteiger partial charge in [0.25, 0.3) is 0 Å². The molecule has 1 aliphatic heterocycles. The molecule has 10 heteroatoms. The number of likely N-dealkylation sites (N-methyl/N-ethyl adjacent to an activating group) is 1. The minimum Gasteiger partial charge on any atom is -0.497 e. The van der Waals surface area contributed by atoms with Gasteiger partial charge in [-0.05, 0) is 79.9 Å². The largest absolute Gasteiger partial charge is 0.497 e. The first-order valence-electron chi connectivity index (χ1n) is 12.0. The Bertz CT molecular complexity index is 1410. The number of methoxy groups -OCH3 is 1. The van der Waals surface area contributed by atoms with E-state index in [-0.39, 0.29) is 29.1 Å². The number of rotatable bonds is 7. The summed E-state index contributed by atoms with van der Waals surface area (Å²) < 4.78 is 59.7. The van der Waals surface area contributed by atoms with Crippen LogP contribution in [0.4, 0.5) is 23.2 Å². The van der Waals surface area contributed by atoms with Crippen LogP contribution in [-0.2, 0) is 34.8 Å². The van der Waals surface area contributed by atoms with E-state index in [1.807, 2.05) is 43.0 Å². The molecule has 3 aromatic carbocycles. The van der Waals surface area contributed by atoms with E-state index in [0.717, 1.165) is 29.1 Å². The molecule has 5 nitrogen and oxygen atoms in total. The summed E-state index contributed by atoms with van der Waals surface area (Å²) in [6.45, 7) is 4.45. The van der Waals surface area contributed by atoms with E-state index in [4.69, 9.17) is 4.74 Å². The molecule has 1 aliphatic rings. The third-order valence-electron chi connectivity index (χ3n) is 6.64. The first-order valence-corrected chi connectivity index (χ1v) is 12.0. The zero-order valence-corrected chi connectivity index (χ0v) is 22.5. The molecule has 4 rings (SSSR count). The van der Waals surface area contributed by atoms with Crippen molar-refractivity contribution in [3.05, 3.63) is 107 Å². The van der Waals surface area contributed by atoms with Crippen LogP contribution >= 0.6 is 0 Å². The number of aliphatic hydroxyl groups is 1. The first-order chi connectivity index (χ1) is 18.1. The van der Waals surface area contributed by atoms with Crippen LogP contribution in [0.5, 0.6) is 5.75 Å². The molecule has 207 valence electrons. The van der Waals surface area contributed by atoms with Gasteiger partial charge in [0.1, 0.15) is 11.6 Å². The predicted molar refractivity (Wildman–Crippen MR) is 141 cm³/mol. The van der Waals surface area contributed by atoms with Crippen LogP contribution in [0, 0.1) is 5.82 Å². The van der Waals surface area contributed by atoms with Gasteiger partial charge in [-0.3, -0.25) is 0 Å². The predicted octanol–water partition coefficient (Wildman–Crippen LogP) is 7.07. The zero-order valence-electron chi connectivity index (χ0n) is 21.5. The quantitative estimate of drug-likeness (QED) is 0.140. The minimum absolute atomic E-state index is 0. The SMILES string of the molecule is CCN1\C(=C/C=N/N=C(\O)c2ccccc2)C(C)(Cc2ccc(F)c(C(F)(F)F)c2)c2cc(OC)ccc21.[Co]. The molecule has 3 aromatic rings. The van der Waals surface area contributed by atoms with E-state index in [1.54, 1.807) is 37.5 Å². The van der Waals surface area contributed by atoms with Gasteiger partial charge >= 0.3 is 6.18 Å². The summed E-state index contributed by atoms with van der Waals surface area (Å²) in [7, 11) is 1.54. The zero-order chi connectivity index (χ0) is 27.5. The van der Waals surface area contributed by atoms with Crippen molar-refractivity contribution in [1.29, 1.82) is 0 Å². The topological polar surface area (TPSA) is 57.4 Å². The van der Waals surface area contributed by atoms with Crippen molar-refractivity contribution in [3.63, 3.8) is 0 Å². The fourth-order valence-electron chi connectivity index (χ4n) is 4.83. The Morgan fingerprint density at radius 1 is 1.08 bits per heavy atom. The molecule has 1 radical (unpaired) electrons. The summed E-state index contributed by atoms with van der Waals surface area (Å²) in [5, 5.41) is 18.0. The van der Waals surface area contributed by atoms with Crippen molar-refractivity contribution in [2.75, 3.05) is 18.6 Å². The fraction of sp³-hybridized carbons (Fsp3) is 0.241. The first kappa shape index (κ1) is 29.9. The number of halogens is 4. The van der Waals surface area contributed by atoms with E-state index in [0.29, 0.717) is 23.4 Å². The maximum absolute atomic E-state index is 14.0. The Labute approximate surface area is 234 Å². The normalized spacial score (nSPS) is 18.4. The molecule has 39 heavy (non-hydrogen) atoms. The second-order valence-corrected chi connectivity index (χ2v) is 9.05. The van der Waals surface area contributed by atoms with Crippen molar-refractivity contribution < 1.29 is 44.2 Å². The summed E-state index contributed by atoms with van der Waals surface area (Å²) >= 11 is 0. The van der Waals surface area contributed by atoms with Gasteiger partial charge in [-0.1, -0.05) is 24.3 Å². The molecule has 0 amide bonds. The van der Waals surface area contributed by atoms with Gasteiger partial charge in [-0.15, -0.1) is 5.10 Å². The Kier molecular flexibility index (Phi) is 9.24. The van der Waals surface area contributed by atoms with Gasteiger partial charge in [0.05, 0.1) is 18.9 Å². The summed E-state index contributed by atoms with van der Waals surface area (Å²) in [5.74, 6) is -0.955. The third kappa shape index (κ3) is 6.17. The molecule has 0 aliphatic carbocycles. The number of fused-ring (bicyclic) bond motifs is 1. The Balaban J connectivity index is 0.00000420. The number of aliphatic hydroxyl groups excluding tert-OH is 1. The molecule has 0 bridgehead atoms. The second-order valence-electron chi connectivity index (χ2n) is 9.05. The van der Waals surface area contributed by atoms with Crippen LogP contribution in [0.25, 0.3) is 0 Å². The molecule has 0 aromatic heterocycles. The number of alkyl halides is 3. The molecule has 0 saturated heterocycles. The number of allylic oxidation sites excluding steroid dienone is 2. The maximum atomic E-state index is 14.0. The van der Waals surface area contributed by atoms with E-state index in [9.17, 15) is 22.7 Å². The molecule has 0 saturated carbocycles. The van der Waals surface area contributed by atoms with Gasteiger partial charge < -0.3 is 14.7 Å². The number of hydrogen-bond acceptors (Lipinski definition) is 4. The summed E-state index contributed by atoms with van der Waals surface area (Å²) in [6, 6.07) is 17.4. The van der Waals surface area contributed by atoms with Crippen LogP contribution in [0.3, 0.4) is 0 Å². The van der Waals surface area contributed by atoms with Gasteiger partial charge in [-0.25, -0.2) is 4.39 Å². The number of nitrogens with zero attached hydrogens (tertiary/aromatic N) is 3. The van der Waals surface area contributed by atoms with Gasteiger partial charge in [0, 0.05) is 45.7 Å². The Morgan fingerprint density at radius 3 is 2.44 bits per heavy atom. The number of benzene rings is 3. The van der Waals surface area contributed by atoms with Crippen molar-refractivity contribution in [1.82, 2.24) is 0 Å². The smallest absolute Gasteiger partial charge is 0.419 e. The second kappa shape index (κ2) is 12.0. The van der Waals surface area contributed by atoms with Crippen molar-refractivity contribution >= 4 is 17.8 Å². The molecule has 0 fully saturated rings. The van der Waals surface area contributed by atoms with E-state index < -0.39 is 23.0 Å². The molecule has 1 unspecified atom stereocenters. The molecular weight excluding hydrogens is 557 g/mol. The Hall–Kier alpha value is -3.63. The van der Waals surface area contributed by atoms with Crippen LogP contribution in [0.15, 0.2) is 88.7 Å². The maximum Gasteiger partial charge on any atom is 0.419 e. The average molecular weight is 584 g/mol. The van der Waals surface area contributed by atoms with E-state index in [1.165, 1.54) is 12.3 Å². The molecular formula is C29H27CoF4N3O2. The van der Waals surface area contributed by atoms with Gasteiger partial charge in [0.2, 0.25) is 5.90 Å². The molecule has 1 atom stereocenters. The Morgan fingerprint density at radius 2 is 1.79 bits per heavy atom. The van der Waals surface area contributed by atoms with E-state index in [2.05, 4.69) is 10.2 Å².